The maximum Gasteiger partial charge on any atom is 0.420 e. The average molecular weight is 233 g/mol. The Bertz CT molecular complexity index is 492. The van der Waals surface area contributed by atoms with Gasteiger partial charge in [0.1, 0.15) is 11.1 Å². The topological polar surface area (TPSA) is 26.0 Å². The Hall–Kier alpha value is -1.17. The molecule has 0 saturated carbocycles. The van der Waals surface area contributed by atoms with E-state index in [9.17, 15) is 13.2 Å². The molecule has 2 aromatic rings. The van der Waals surface area contributed by atoms with Gasteiger partial charge in [0.2, 0.25) is 0 Å². The van der Waals surface area contributed by atoms with E-state index in [2.05, 4.69) is 4.98 Å². The fourth-order valence-electron chi connectivity index (χ4n) is 1.24. The van der Waals surface area contributed by atoms with E-state index in [1.165, 1.54) is 23.9 Å². The summed E-state index contributed by atoms with van der Waals surface area (Å²) in [5.74, 6) is 0. The third-order valence-corrected chi connectivity index (χ3v) is 2.40. The number of hydrogen-bond donors (Lipinski definition) is 0. The molecule has 1 aromatic heterocycles. The summed E-state index contributed by atoms with van der Waals surface area (Å²) in [5.41, 5.74) is -0.753. The van der Waals surface area contributed by atoms with Crippen LogP contribution in [-0.2, 0) is 6.18 Å². The molecule has 0 saturated heterocycles. The number of rotatable bonds is 1. The monoisotopic (exact) mass is 233 g/mol. The smallest absolute Gasteiger partial charge is 0.420 e. The second kappa shape index (κ2) is 3.44. The molecule has 0 unspecified atom stereocenters. The highest BCUT2D eigenvalue weighted by Crippen LogP contribution is 2.35. The zero-order valence-electron chi connectivity index (χ0n) is 7.63. The molecule has 6 heteroatoms. The summed E-state index contributed by atoms with van der Waals surface area (Å²) >= 11 is 1.17. The second-order valence-electron chi connectivity index (χ2n) is 2.84. The van der Waals surface area contributed by atoms with Gasteiger partial charge in [-0.25, -0.2) is 4.98 Å². The number of aromatic nitrogens is 1. The van der Waals surface area contributed by atoms with Gasteiger partial charge in [-0.15, -0.1) is 0 Å². The van der Waals surface area contributed by atoms with Crippen LogP contribution in [0.5, 0.6) is 0 Å². The second-order valence-corrected chi connectivity index (χ2v) is 3.59. The predicted molar refractivity (Wildman–Crippen MR) is 50.8 cm³/mol. The Balaban J connectivity index is 2.70. The van der Waals surface area contributed by atoms with E-state index < -0.39 is 11.7 Å². The minimum Gasteiger partial charge on any atom is -0.431 e. The van der Waals surface area contributed by atoms with Crippen molar-refractivity contribution < 1.29 is 17.6 Å². The first-order chi connectivity index (χ1) is 7.02. The zero-order valence-corrected chi connectivity index (χ0v) is 8.45. The summed E-state index contributed by atoms with van der Waals surface area (Å²) in [6.45, 7) is 0. The summed E-state index contributed by atoms with van der Waals surface area (Å²) in [5, 5.41) is 0.238. The van der Waals surface area contributed by atoms with Crippen LogP contribution in [0.4, 0.5) is 13.2 Å². The van der Waals surface area contributed by atoms with E-state index in [4.69, 9.17) is 4.42 Å². The first kappa shape index (κ1) is 10.4. The van der Waals surface area contributed by atoms with E-state index in [-0.39, 0.29) is 16.3 Å². The lowest BCUT2D eigenvalue weighted by molar-refractivity contribution is -0.136. The number of fused-ring (bicyclic) bond motifs is 1. The maximum atomic E-state index is 12.5. The van der Waals surface area contributed by atoms with E-state index in [1.807, 2.05) is 0 Å². The lowest BCUT2D eigenvalue weighted by atomic mass is 10.2. The standard InChI is InChI=1S/C9H6F3NOS/c1-15-8-13-6-4-2-3-5(7(6)14-8)9(10,11)12/h2-4H,1H3. The fourth-order valence-corrected chi connectivity index (χ4v) is 1.60. The van der Waals surface area contributed by atoms with Gasteiger partial charge in [-0.2, -0.15) is 13.2 Å². The summed E-state index contributed by atoms with van der Waals surface area (Å²) in [7, 11) is 0. The van der Waals surface area contributed by atoms with Crippen molar-refractivity contribution in [1.82, 2.24) is 4.98 Å². The Morgan fingerprint density at radius 3 is 2.67 bits per heavy atom. The van der Waals surface area contributed by atoms with Gasteiger partial charge in [0, 0.05) is 0 Å². The molecule has 15 heavy (non-hydrogen) atoms. The first-order valence-electron chi connectivity index (χ1n) is 4.03. The number of benzene rings is 1. The summed E-state index contributed by atoms with van der Waals surface area (Å²) in [4.78, 5) is 3.90. The summed E-state index contributed by atoms with van der Waals surface area (Å²) in [6, 6.07) is 3.79. The van der Waals surface area contributed by atoms with Gasteiger partial charge in [-0.3, -0.25) is 0 Å². The molecule has 2 nitrogen and oxygen atoms in total. The highest BCUT2D eigenvalue weighted by Gasteiger charge is 2.34. The number of hydrogen-bond acceptors (Lipinski definition) is 3. The van der Waals surface area contributed by atoms with Gasteiger partial charge in [0.15, 0.2) is 5.58 Å². The molecule has 80 valence electrons. The summed E-state index contributed by atoms with van der Waals surface area (Å²) in [6.07, 6.45) is -2.72. The highest BCUT2D eigenvalue weighted by atomic mass is 32.2. The molecule has 0 bridgehead atoms. The van der Waals surface area contributed by atoms with Crippen molar-refractivity contribution >= 4 is 22.9 Å². The largest absolute Gasteiger partial charge is 0.431 e. The number of oxazole rings is 1. The van der Waals surface area contributed by atoms with Crippen LogP contribution in [-0.4, -0.2) is 11.2 Å². The van der Waals surface area contributed by atoms with Gasteiger partial charge < -0.3 is 4.42 Å². The Morgan fingerprint density at radius 2 is 2.07 bits per heavy atom. The molecular formula is C9H6F3NOS. The SMILES string of the molecule is CSc1nc2cccc(C(F)(F)F)c2o1. The minimum atomic E-state index is -4.41. The van der Waals surface area contributed by atoms with Crippen LogP contribution < -0.4 is 0 Å². The normalized spacial score (nSPS) is 12.3. The van der Waals surface area contributed by atoms with Crippen LogP contribution in [0.15, 0.2) is 27.8 Å². The van der Waals surface area contributed by atoms with Crippen molar-refractivity contribution in [2.24, 2.45) is 0 Å². The van der Waals surface area contributed by atoms with Crippen molar-refractivity contribution in [3.63, 3.8) is 0 Å². The van der Waals surface area contributed by atoms with E-state index in [0.717, 1.165) is 6.07 Å². The fraction of sp³-hybridized carbons (Fsp3) is 0.222. The van der Waals surface area contributed by atoms with Gasteiger partial charge in [0.25, 0.3) is 5.22 Å². The molecule has 0 atom stereocenters. The van der Waals surface area contributed by atoms with Crippen molar-refractivity contribution in [1.29, 1.82) is 0 Å². The Morgan fingerprint density at radius 1 is 1.33 bits per heavy atom. The molecule has 1 aromatic carbocycles. The van der Waals surface area contributed by atoms with Crippen LogP contribution in [0.25, 0.3) is 11.1 Å². The third-order valence-electron chi connectivity index (χ3n) is 1.88. The molecule has 0 aliphatic carbocycles. The molecule has 0 amide bonds. The van der Waals surface area contributed by atoms with Crippen molar-refractivity contribution in [3.05, 3.63) is 23.8 Å². The lowest BCUT2D eigenvalue weighted by Crippen LogP contribution is -2.04. The zero-order chi connectivity index (χ0) is 11.1. The molecule has 0 aliphatic rings. The van der Waals surface area contributed by atoms with Crippen LogP contribution in [0.3, 0.4) is 0 Å². The van der Waals surface area contributed by atoms with Crippen molar-refractivity contribution in [3.8, 4) is 0 Å². The van der Waals surface area contributed by atoms with E-state index in [0.29, 0.717) is 0 Å². The molecule has 0 N–H and O–H groups in total. The van der Waals surface area contributed by atoms with E-state index >= 15 is 0 Å². The molecule has 1 heterocycles. The highest BCUT2D eigenvalue weighted by molar-refractivity contribution is 7.98. The molecule has 0 fully saturated rings. The molecular weight excluding hydrogens is 227 g/mol. The van der Waals surface area contributed by atoms with Gasteiger partial charge >= 0.3 is 6.18 Å². The lowest BCUT2D eigenvalue weighted by Gasteiger charge is -2.05. The third kappa shape index (κ3) is 1.81. The Kier molecular flexibility index (Phi) is 2.38. The quantitative estimate of drug-likeness (QED) is 0.704. The van der Waals surface area contributed by atoms with Crippen LogP contribution in [0, 0.1) is 0 Å². The van der Waals surface area contributed by atoms with E-state index in [1.54, 1.807) is 6.26 Å². The van der Waals surface area contributed by atoms with Crippen LogP contribution in [0.1, 0.15) is 5.56 Å². The summed E-state index contributed by atoms with van der Waals surface area (Å²) < 4.78 is 42.6. The van der Waals surface area contributed by atoms with Gasteiger partial charge in [-0.05, 0) is 18.4 Å². The number of para-hydroxylation sites is 1. The Labute approximate surface area is 87.5 Å². The number of halogens is 3. The molecule has 0 aliphatic heterocycles. The molecule has 2 rings (SSSR count). The minimum absolute atomic E-state index is 0.200. The van der Waals surface area contributed by atoms with Gasteiger partial charge in [-0.1, -0.05) is 17.8 Å². The van der Waals surface area contributed by atoms with Crippen molar-refractivity contribution in [2.75, 3.05) is 6.26 Å². The van der Waals surface area contributed by atoms with Gasteiger partial charge in [0.05, 0.1) is 0 Å². The number of nitrogens with zero attached hydrogens (tertiary/aromatic N) is 1. The van der Waals surface area contributed by atoms with Crippen LogP contribution in [0.2, 0.25) is 0 Å². The van der Waals surface area contributed by atoms with Crippen LogP contribution >= 0.6 is 11.8 Å². The maximum absolute atomic E-state index is 12.5. The average Bonchev–Trinajstić information content (AvgIpc) is 2.57. The first-order valence-corrected chi connectivity index (χ1v) is 5.25. The molecule has 0 spiro atoms. The number of thioether (sulfide) groups is 1. The number of alkyl halides is 3. The van der Waals surface area contributed by atoms with Crippen molar-refractivity contribution in [2.45, 2.75) is 11.4 Å². The predicted octanol–water partition coefficient (Wildman–Crippen LogP) is 3.57. The molecule has 0 radical (unpaired) electrons.